The molecule has 3 N–H and O–H groups in total. The van der Waals surface area contributed by atoms with E-state index in [1.807, 2.05) is 30.3 Å². The van der Waals surface area contributed by atoms with Crippen molar-refractivity contribution in [2.24, 2.45) is 0 Å². The standard InChI is InChI=1S/C23H23N5O4/c1-14(29)24-16-8-10-17(11-9-16)25-23(31)19-12-20(30)26-22-21(15-6-4-3-5-7-15)18(13-32-2)27-28(19)22/h3-11,19H,12-13H2,1-2H3,(H,24,29)(H,25,31)(H,26,30). The van der Waals surface area contributed by atoms with Crippen LogP contribution in [-0.2, 0) is 25.7 Å². The number of hydrogen-bond donors (Lipinski definition) is 3. The van der Waals surface area contributed by atoms with Crippen molar-refractivity contribution in [1.29, 1.82) is 0 Å². The normalized spacial score (nSPS) is 14.9. The van der Waals surface area contributed by atoms with Crippen LogP contribution in [0.1, 0.15) is 25.1 Å². The van der Waals surface area contributed by atoms with Crippen molar-refractivity contribution in [2.45, 2.75) is 26.0 Å². The maximum Gasteiger partial charge on any atom is 0.249 e. The minimum atomic E-state index is -0.818. The molecular weight excluding hydrogens is 410 g/mol. The zero-order valence-corrected chi connectivity index (χ0v) is 17.7. The van der Waals surface area contributed by atoms with Gasteiger partial charge in [-0.2, -0.15) is 5.10 Å². The molecule has 0 aliphatic carbocycles. The summed E-state index contributed by atoms with van der Waals surface area (Å²) >= 11 is 0. The summed E-state index contributed by atoms with van der Waals surface area (Å²) in [7, 11) is 1.57. The van der Waals surface area contributed by atoms with E-state index in [9.17, 15) is 14.4 Å². The molecule has 0 spiro atoms. The van der Waals surface area contributed by atoms with E-state index >= 15 is 0 Å². The number of ether oxygens (including phenoxy) is 1. The van der Waals surface area contributed by atoms with Crippen LogP contribution in [0.2, 0.25) is 0 Å². The number of aromatic nitrogens is 2. The quantitative estimate of drug-likeness (QED) is 0.552. The van der Waals surface area contributed by atoms with Crippen molar-refractivity contribution in [3.05, 3.63) is 60.3 Å². The van der Waals surface area contributed by atoms with Gasteiger partial charge in [-0.25, -0.2) is 4.68 Å². The van der Waals surface area contributed by atoms with Gasteiger partial charge < -0.3 is 20.7 Å². The SMILES string of the molecule is COCc1nn2c(c1-c1ccccc1)NC(=O)CC2C(=O)Nc1ccc(NC(C)=O)cc1. The monoisotopic (exact) mass is 433 g/mol. The average Bonchev–Trinajstić information content (AvgIpc) is 3.12. The third-order valence-electron chi connectivity index (χ3n) is 5.03. The van der Waals surface area contributed by atoms with Crippen LogP contribution in [0.25, 0.3) is 11.1 Å². The van der Waals surface area contributed by atoms with Crippen LogP contribution >= 0.6 is 0 Å². The highest BCUT2D eigenvalue weighted by molar-refractivity contribution is 6.03. The second-order valence-electron chi connectivity index (χ2n) is 7.43. The van der Waals surface area contributed by atoms with Gasteiger partial charge in [-0.15, -0.1) is 0 Å². The first kappa shape index (κ1) is 21.3. The number of nitrogens with one attached hydrogen (secondary N) is 3. The lowest BCUT2D eigenvalue weighted by atomic mass is 10.0. The van der Waals surface area contributed by atoms with Gasteiger partial charge in [-0.3, -0.25) is 14.4 Å². The highest BCUT2D eigenvalue weighted by Crippen LogP contribution is 2.37. The number of nitrogens with zero attached hydrogens (tertiary/aromatic N) is 2. The molecule has 3 amide bonds. The van der Waals surface area contributed by atoms with E-state index in [0.29, 0.717) is 22.9 Å². The molecule has 2 aromatic carbocycles. The Bertz CT molecular complexity index is 1160. The molecule has 9 heteroatoms. The molecule has 3 aromatic rings. The van der Waals surface area contributed by atoms with Gasteiger partial charge in [0.1, 0.15) is 11.9 Å². The van der Waals surface area contributed by atoms with E-state index in [1.54, 1.807) is 36.1 Å². The number of rotatable bonds is 6. The Kier molecular flexibility index (Phi) is 6.00. The molecular formula is C23H23N5O4. The number of benzene rings is 2. The number of methoxy groups -OCH3 is 1. The topological polar surface area (TPSA) is 114 Å². The predicted octanol–water partition coefficient (Wildman–Crippen LogP) is 3.18. The van der Waals surface area contributed by atoms with Gasteiger partial charge in [0.05, 0.1) is 18.7 Å². The molecule has 0 saturated carbocycles. The summed E-state index contributed by atoms with van der Waals surface area (Å²) in [6.45, 7) is 1.66. The molecule has 1 atom stereocenters. The Morgan fingerprint density at radius 2 is 1.75 bits per heavy atom. The smallest absolute Gasteiger partial charge is 0.249 e. The number of carbonyl (C=O) groups is 3. The summed E-state index contributed by atoms with van der Waals surface area (Å²) in [6.07, 6.45) is -0.0366. The van der Waals surface area contributed by atoms with E-state index in [1.165, 1.54) is 6.92 Å². The number of hydrogen-bond acceptors (Lipinski definition) is 5. The first-order valence-corrected chi connectivity index (χ1v) is 10.1. The van der Waals surface area contributed by atoms with Crippen LogP contribution in [-0.4, -0.2) is 34.6 Å². The van der Waals surface area contributed by atoms with E-state index in [-0.39, 0.29) is 30.7 Å². The summed E-state index contributed by atoms with van der Waals surface area (Å²) in [5, 5.41) is 13.0. The van der Waals surface area contributed by atoms with Gasteiger partial charge in [0.15, 0.2) is 0 Å². The highest BCUT2D eigenvalue weighted by Gasteiger charge is 2.35. The van der Waals surface area contributed by atoms with Gasteiger partial charge in [0.2, 0.25) is 17.7 Å². The highest BCUT2D eigenvalue weighted by atomic mass is 16.5. The summed E-state index contributed by atoms with van der Waals surface area (Å²) in [4.78, 5) is 36.8. The minimum absolute atomic E-state index is 0.0366. The van der Waals surface area contributed by atoms with Crippen LogP contribution < -0.4 is 16.0 Å². The first-order valence-electron chi connectivity index (χ1n) is 10.1. The molecule has 32 heavy (non-hydrogen) atoms. The second-order valence-corrected chi connectivity index (χ2v) is 7.43. The summed E-state index contributed by atoms with van der Waals surface area (Å²) in [6, 6.07) is 15.5. The Labute approximate surface area is 184 Å². The summed E-state index contributed by atoms with van der Waals surface area (Å²) in [5.41, 5.74) is 3.41. The van der Waals surface area contributed by atoms with Crippen LogP contribution in [0.3, 0.4) is 0 Å². The van der Waals surface area contributed by atoms with E-state index in [4.69, 9.17) is 4.74 Å². The zero-order valence-electron chi connectivity index (χ0n) is 17.7. The maximum atomic E-state index is 13.1. The molecule has 0 fully saturated rings. The predicted molar refractivity (Wildman–Crippen MR) is 120 cm³/mol. The number of amides is 3. The van der Waals surface area contributed by atoms with Crippen LogP contribution in [0.15, 0.2) is 54.6 Å². The van der Waals surface area contributed by atoms with Crippen molar-refractivity contribution >= 4 is 34.9 Å². The van der Waals surface area contributed by atoms with Crippen molar-refractivity contribution in [1.82, 2.24) is 9.78 Å². The maximum absolute atomic E-state index is 13.1. The molecule has 2 heterocycles. The second kappa shape index (κ2) is 9.03. The van der Waals surface area contributed by atoms with E-state index in [2.05, 4.69) is 21.0 Å². The lowest BCUT2D eigenvalue weighted by Crippen LogP contribution is -2.35. The van der Waals surface area contributed by atoms with Crippen molar-refractivity contribution < 1.29 is 19.1 Å². The first-order chi connectivity index (χ1) is 15.5. The van der Waals surface area contributed by atoms with Crippen molar-refractivity contribution in [3.63, 3.8) is 0 Å². The van der Waals surface area contributed by atoms with Gasteiger partial charge in [-0.1, -0.05) is 30.3 Å². The largest absolute Gasteiger partial charge is 0.378 e. The Morgan fingerprint density at radius 1 is 1.09 bits per heavy atom. The van der Waals surface area contributed by atoms with Crippen LogP contribution in [0.5, 0.6) is 0 Å². The molecule has 164 valence electrons. The van der Waals surface area contributed by atoms with Crippen LogP contribution in [0, 0.1) is 0 Å². The number of fused-ring (bicyclic) bond motifs is 1. The van der Waals surface area contributed by atoms with Gasteiger partial charge in [-0.05, 0) is 29.8 Å². The molecule has 1 aliphatic rings. The van der Waals surface area contributed by atoms with Gasteiger partial charge >= 0.3 is 0 Å². The van der Waals surface area contributed by atoms with Crippen molar-refractivity contribution in [2.75, 3.05) is 23.1 Å². The molecule has 1 unspecified atom stereocenters. The lowest BCUT2D eigenvalue weighted by molar-refractivity contribution is -0.125. The molecule has 9 nitrogen and oxygen atoms in total. The number of anilines is 3. The molecule has 0 bridgehead atoms. The van der Waals surface area contributed by atoms with E-state index < -0.39 is 6.04 Å². The Hall–Kier alpha value is -3.98. The minimum Gasteiger partial charge on any atom is -0.378 e. The third-order valence-corrected chi connectivity index (χ3v) is 5.03. The molecule has 0 radical (unpaired) electrons. The fraction of sp³-hybridized carbons (Fsp3) is 0.217. The molecule has 0 saturated heterocycles. The van der Waals surface area contributed by atoms with Gasteiger partial charge in [0.25, 0.3) is 0 Å². The molecule has 1 aromatic heterocycles. The summed E-state index contributed by atoms with van der Waals surface area (Å²) in [5.74, 6) is -0.331. The van der Waals surface area contributed by atoms with E-state index in [0.717, 1.165) is 11.1 Å². The van der Waals surface area contributed by atoms with Gasteiger partial charge in [0, 0.05) is 31.0 Å². The number of carbonyl (C=O) groups excluding carboxylic acids is 3. The fourth-order valence-electron chi connectivity index (χ4n) is 3.69. The fourth-order valence-corrected chi connectivity index (χ4v) is 3.69. The Balaban J connectivity index is 1.65. The Morgan fingerprint density at radius 3 is 2.38 bits per heavy atom. The molecule has 4 rings (SSSR count). The average molecular weight is 433 g/mol. The zero-order chi connectivity index (χ0) is 22.7. The third kappa shape index (κ3) is 4.37. The van der Waals surface area contributed by atoms with Crippen molar-refractivity contribution in [3.8, 4) is 11.1 Å². The van der Waals surface area contributed by atoms with Crippen LogP contribution in [0.4, 0.5) is 17.2 Å². The lowest BCUT2D eigenvalue weighted by Gasteiger charge is -2.24. The molecule has 1 aliphatic heterocycles. The summed E-state index contributed by atoms with van der Waals surface area (Å²) < 4.78 is 6.86.